The number of aromatic nitrogens is 2. The van der Waals surface area contributed by atoms with Gasteiger partial charge in [0.2, 0.25) is 0 Å². The monoisotopic (exact) mass is 241 g/mol. The molecule has 7 heteroatoms. The molecule has 0 spiro atoms. The van der Waals surface area contributed by atoms with E-state index in [1.807, 2.05) is 0 Å². The highest BCUT2D eigenvalue weighted by molar-refractivity contribution is 7.03. The molecule has 1 aromatic heterocycles. The van der Waals surface area contributed by atoms with Crippen LogP contribution in [0.25, 0.3) is 0 Å². The second-order valence-electron chi connectivity index (χ2n) is 3.81. The normalized spacial score (nSPS) is 24.2. The van der Waals surface area contributed by atoms with Gasteiger partial charge in [-0.1, -0.05) is 4.49 Å². The summed E-state index contributed by atoms with van der Waals surface area (Å²) in [6.07, 6.45) is 1.83. The maximum Gasteiger partial charge on any atom is 0.306 e. The Morgan fingerprint density at radius 3 is 2.88 bits per heavy atom. The van der Waals surface area contributed by atoms with Crippen LogP contribution in [0, 0.1) is 5.92 Å². The van der Waals surface area contributed by atoms with Crippen molar-refractivity contribution in [2.45, 2.75) is 25.3 Å². The van der Waals surface area contributed by atoms with Gasteiger partial charge in [-0.2, -0.15) is 0 Å². The van der Waals surface area contributed by atoms with Gasteiger partial charge in [-0.15, -0.1) is 5.10 Å². The van der Waals surface area contributed by atoms with Crippen molar-refractivity contribution in [1.29, 1.82) is 0 Å². The smallest absolute Gasteiger partial charge is 0.306 e. The lowest BCUT2D eigenvalue weighted by molar-refractivity contribution is -0.141. The van der Waals surface area contributed by atoms with Crippen molar-refractivity contribution in [3.05, 3.63) is 11.1 Å². The van der Waals surface area contributed by atoms with Gasteiger partial charge in [0, 0.05) is 11.4 Å². The minimum Gasteiger partial charge on any atom is -0.481 e. The molecule has 2 unspecified atom stereocenters. The summed E-state index contributed by atoms with van der Waals surface area (Å²) in [5.41, 5.74) is 0.295. The van der Waals surface area contributed by atoms with E-state index >= 15 is 0 Å². The number of nitrogens with zero attached hydrogens (tertiary/aromatic N) is 2. The highest BCUT2D eigenvalue weighted by atomic mass is 32.1. The summed E-state index contributed by atoms with van der Waals surface area (Å²) in [6, 6.07) is -0.0599. The van der Waals surface area contributed by atoms with Gasteiger partial charge in [-0.25, -0.2) is 0 Å². The van der Waals surface area contributed by atoms with E-state index in [4.69, 9.17) is 5.11 Å². The maximum absolute atomic E-state index is 11.6. The molecule has 2 atom stereocenters. The summed E-state index contributed by atoms with van der Waals surface area (Å²) in [5, 5.41) is 16.8. The number of hydrogen-bond donors (Lipinski definition) is 2. The topological polar surface area (TPSA) is 92.2 Å². The number of rotatable bonds is 3. The van der Waals surface area contributed by atoms with Gasteiger partial charge in [0.15, 0.2) is 5.69 Å². The average Bonchev–Trinajstić information content (AvgIpc) is 2.87. The van der Waals surface area contributed by atoms with Crippen molar-refractivity contribution >= 4 is 23.4 Å². The maximum atomic E-state index is 11.6. The van der Waals surface area contributed by atoms with Crippen LogP contribution in [0.4, 0.5) is 0 Å². The van der Waals surface area contributed by atoms with E-state index in [-0.39, 0.29) is 17.9 Å². The van der Waals surface area contributed by atoms with Crippen molar-refractivity contribution < 1.29 is 14.7 Å². The fraction of sp³-hybridized carbons (Fsp3) is 0.556. The summed E-state index contributed by atoms with van der Waals surface area (Å²) in [5.74, 6) is -1.39. The van der Waals surface area contributed by atoms with Gasteiger partial charge in [-0.05, 0) is 30.8 Å². The molecule has 1 amide bonds. The van der Waals surface area contributed by atoms with Crippen LogP contribution in [0.2, 0.25) is 0 Å². The van der Waals surface area contributed by atoms with Crippen LogP contribution in [0.1, 0.15) is 29.8 Å². The SMILES string of the molecule is O=C(NC1CCC(C(=O)O)C1)c1csnn1. The van der Waals surface area contributed by atoms with Gasteiger partial charge in [0.05, 0.1) is 5.92 Å². The van der Waals surface area contributed by atoms with Crippen LogP contribution in [0.15, 0.2) is 5.38 Å². The van der Waals surface area contributed by atoms with Crippen LogP contribution in [0.3, 0.4) is 0 Å². The first kappa shape index (κ1) is 11.0. The molecule has 0 aromatic carbocycles. The predicted octanol–water partition coefficient (Wildman–Crippen LogP) is 0.521. The Labute approximate surface area is 95.8 Å². The first-order valence-electron chi connectivity index (χ1n) is 4.97. The summed E-state index contributed by atoms with van der Waals surface area (Å²) in [7, 11) is 0. The molecule has 6 nitrogen and oxygen atoms in total. The van der Waals surface area contributed by atoms with Crippen LogP contribution >= 0.6 is 11.5 Å². The number of carbonyl (C=O) groups is 2. The average molecular weight is 241 g/mol. The Morgan fingerprint density at radius 1 is 1.50 bits per heavy atom. The zero-order chi connectivity index (χ0) is 11.5. The van der Waals surface area contributed by atoms with E-state index in [0.717, 1.165) is 11.5 Å². The molecule has 0 bridgehead atoms. The second-order valence-corrected chi connectivity index (χ2v) is 4.42. The molecule has 0 aliphatic heterocycles. The van der Waals surface area contributed by atoms with Crippen molar-refractivity contribution in [1.82, 2.24) is 14.9 Å². The zero-order valence-corrected chi connectivity index (χ0v) is 9.24. The van der Waals surface area contributed by atoms with Gasteiger partial charge in [-0.3, -0.25) is 9.59 Å². The third-order valence-corrected chi connectivity index (χ3v) is 3.21. The Hall–Kier alpha value is -1.50. The zero-order valence-electron chi connectivity index (χ0n) is 8.42. The summed E-state index contributed by atoms with van der Waals surface area (Å²) < 4.78 is 3.60. The Bertz CT molecular complexity index is 393. The molecule has 1 aliphatic rings. The number of aliphatic carboxylic acids is 1. The molecule has 2 rings (SSSR count). The Kier molecular flexibility index (Phi) is 3.14. The highest BCUT2D eigenvalue weighted by Crippen LogP contribution is 2.25. The molecule has 16 heavy (non-hydrogen) atoms. The molecular formula is C9H11N3O3S. The Balaban J connectivity index is 1.88. The van der Waals surface area contributed by atoms with E-state index in [9.17, 15) is 9.59 Å². The number of nitrogens with one attached hydrogen (secondary N) is 1. The molecule has 1 aromatic rings. The summed E-state index contributed by atoms with van der Waals surface area (Å²) in [4.78, 5) is 22.3. The van der Waals surface area contributed by atoms with Crippen LogP contribution in [0.5, 0.6) is 0 Å². The molecule has 0 saturated heterocycles. The van der Waals surface area contributed by atoms with Gasteiger partial charge in [0.1, 0.15) is 0 Å². The largest absolute Gasteiger partial charge is 0.481 e. The number of hydrogen-bond acceptors (Lipinski definition) is 5. The minimum atomic E-state index is -0.785. The van der Waals surface area contributed by atoms with E-state index in [2.05, 4.69) is 14.9 Å². The molecule has 1 saturated carbocycles. The molecule has 0 radical (unpaired) electrons. The quantitative estimate of drug-likeness (QED) is 0.805. The lowest BCUT2D eigenvalue weighted by Crippen LogP contribution is -2.33. The van der Waals surface area contributed by atoms with Gasteiger partial charge < -0.3 is 10.4 Å². The lowest BCUT2D eigenvalue weighted by Gasteiger charge is -2.10. The number of carbonyl (C=O) groups excluding carboxylic acids is 1. The molecule has 86 valence electrons. The molecule has 1 fully saturated rings. The number of carboxylic acids is 1. The standard InChI is InChI=1S/C9H11N3O3S/c13-8(7-4-16-12-11-7)10-6-2-1-5(3-6)9(14)15/h4-6H,1-3H2,(H,10,13)(H,14,15). The van der Waals surface area contributed by atoms with E-state index in [1.54, 1.807) is 5.38 Å². The minimum absolute atomic E-state index is 0.0599. The molecule has 1 aliphatic carbocycles. The van der Waals surface area contributed by atoms with Crippen molar-refractivity contribution in [3.8, 4) is 0 Å². The van der Waals surface area contributed by atoms with Crippen molar-refractivity contribution in [3.63, 3.8) is 0 Å². The molecule has 2 N–H and O–H groups in total. The van der Waals surface area contributed by atoms with E-state index in [0.29, 0.717) is 25.0 Å². The fourth-order valence-corrected chi connectivity index (χ4v) is 2.30. The third-order valence-electron chi connectivity index (χ3n) is 2.71. The molecule has 1 heterocycles. The fourth-order valence-electron chi connectivity index (χ4n) is 1.86. The van der Waals surface area contributed by atoms with Crippen LogP contribution < -0.4 is 5.32 Å². The van der Waals surface area contributed by atoms with Crippen LogP contribution in [-0.2, 0) is 4.79 Å². The summed E-state index contributed by atoms with van der Waals surface area (Å²) >= 11 is 1.12. The number of carboxylic acid groups (broad SMARTS) is 1. The second kappa shape index (κ2) is 4.56. The van der Waals surface area contributed by atoms with Gasteiger partial charge >= 0.3 is 5.97 Å². The van der Waals surface area contributed by atoms with Crippen molar-refractivity contribution in [2.24, 2.45) is 5.92 Å². The highest BCUT2D eigenvalue weighted by Gasteiger charge is 2.30. The summed E-state index contributed by atoms with van der Waals surface area (Å²) in [6.45, 7) is 0. The first-order chi connectivity index (χ1) is 7.66. The Morgan fingerprint density at radius 2 is 2.31 bits per heavy atom. The third kappa shape index (κ3) is 2.35. The van der Waals surface area contributed by atoms with Crippen LogP contribution in [-0.4, -0.2) is 32.6 Å². The lowest BCUT2D eigenvalue weighted by atomic mass is 10.1. The number of amides is 1. The van der Waals surface area contributed by atoms with E-state index < -0.39 is 5.97 Å². The first-order valence-corrected chi connectivity index (χ1v) is 5.81. The molecular weight excluding hydrogens is 230 g/mol. The van der Waals surface area contributed by atoms with Crippen molar-refractivity contribution in [2.75, 3.05) is 0 Å². The predicted molar refractivity (Wildman–Crippen MR) is 56.1 cm³/mol. The van der Waals surface area contributed by atoms with E-state index in [1.165, 1.54) is 0 Å². The van der Waals surface area contributed by atoms with Gasteiger partial charge in [0.25, 0.3) is 5.91 Å².